The van der Waals surface area contributed by atoms with Gasteiger partial charge in [0, 0.05) is 0 Å². The van der Waals surface area contributed by atoms with E-state index in [-0.39, 0.29) is 24.7 Å². The number of hydrogen-bond donors (Lipinski definition) is 2. The molecule has 3 rings (SSSR count). The Balaban J connectivity index is 1.80. The summed E-state index contributed by atoms with van der Waals surface area (Å²) >= 11 is 0. The van der Waals surface area contributed by atoms with E-state index in [0.29, 0.717) is 23.7 Å². The number of ether oxygens (including phenoxy) is 2. The molecular weight excluding hydrogens is 416 g/mol. The molecule has 0 aliphatic carbocycles. The lowest BCUT2D eigenvalue weighted by Crippen LogP contribution is -2.42. The number of carbonyl (C=O) groups is 2. The average molecular weight is 447 g/mol. The highest BCUT2D eigenvalue weighted by atomic mass is 16.5. The second-order valence-corrected chi connectivity index (χ2v) is 7.65. The highest BCUT2D eigenvalue weighted by Crippen LogP contribution is 2.30. The molecule has 2 N–H and O–H groups in total. The first-order chi connectivity index (χ1) is 16.1. The van der Waals surface area contributed by atoms with Crippen molar-refractivity contribution in [2.75, 3.05) is 13.7 Å². The number of nitrogens with one attached hydrogen (secondary N) is 2. The molecule has 0 saturated heterocycles. The van der Waals surface area contributed by atoms with Crippen LogP contribution in [0.5, 0.6) is 11.5 Å². The first kappa shape index (κ1) is 23.9. The van der Waals surface area contributed by atoms with Gasteiger partial charge in [0.1, 0.15) is 6.17 Å². The first-order valence-electron chi connectivity index (χ1n) is 11.1. The molecule has 172 valence electrons. The fourth-order valence-electron chi connectivity index (χ4n) is 3.39. The smallest absolute Gasteiger partial charge is 0.226 e. The molecule has 0 saturated carbocycles. The van der Waals surface area contributed by atoms with E-state index in [0.717, 1.165) is 17.5 Å². The predicted molar refractivity (Wildman–Crippen MR) is 128 cm³/mol. The molecule has 0 bridgehead atoms. The van der Waals surface area contributed by atoms with Crippen molar-refractivity contribution in [3.63, 3.8) is 0 Å². The Morgan fingerprint density at radius 3 is 1.82 bits per heavy atom. The SMILES string of the molecule is CCCOc1cc(C(NC(=O)Cc2ccccc2)NC(=O)Cc2ccccc2)ccc1OC. The van der Waals surface area contributed by atoms with Gasteiger partial charge in [0.2, 0.25) is 11.8 Å². The molecule has 0 fully saturated rings. The van der Waals surface area contributed by atoms with E-state index in [9.17, 15) is 9.59 Å². The van der Waals surface area contributed by atoms with Crippen LogP contribution >= 0.6 is 0 Å². The number of carbonyl (C=O) groups excluding carboxylic acids is 2. The van der Waals surface area contributed by atoms with Gasteiger partial charge in [0.05, 0.1) is 26.6 Å². The average Bonchev–Trinajstić information content (AvgIpc) is 2.83. The highest BCUT2D eigenvalue weighted by molar-refractivity contribution is 5.82. The van der Waals surface area contributed by atoms with Crippen LogP contribution < -0.4 is 20.1 Å². The third kappa shape index (κ3) is 7.38. The van der Waals surface area contributed by atoms with E-state index < -0.39 is 6.17 Å². The van der Waals surface area contributed by atoms with Gasteiger partial charge in [-0.25, -0.2) is 0 Å². The number of hydrogen-bond acceptors (Lipinski definition) is 4. The van der Waals surface area contributed by atoms with E-state index in [1.807, 2.05) is 73.7 Å². The van der Waals surface area contributed by atoms with Gasteiger partial charge < -0.3 is 20.1 Å². The molecule has 0 aliphatic heterocycles. The molecule has 2 amide bonds. The third-order valence-electron chi connectivity index (χ3n) is 5.01. The largest absolute Gasteiger partial charge is 0.493 e. The van der Waals surface area contributed by atoms with Crippen molar-refractivity contribution in [1.29, 1.82) is 0 Å². The highest BCUT2D eigenvalue weighted by Gasteiger charge is 2.20. The Hall–Kier alpha value is -3.80. The van der Waals surface area contributed by atoms with Crippen molar-refractivity contribution >= 4 is 11.8 Å². The van der Waals surface area contributed by atoms with Crippen LogP contribution in [0, 0.1) is 0 Å². The van der Waals surface area contributed by atoms with Crippen molar-refractivity contribution in [2.24, 2.45) is 0 Å². The van der Waals surface area contributed by atoms with E-state index >= 15 is 0 Å². The number of methoxy groups -OCH3 is 1. The molecule has 0 aromatic heterocycles. The first-order valence-corrected chi connectivity index (χ1v) is 11.1. The maximum atomic E-state index is 12.8. The lowest BCUT2D eigenvalue weighted by molar-refractivity contribution is -0.123. The van der Waals surface area contributed by atoms with Gasteiger partial charge in [-0.1, -0.05) is 73.7 Å². The van der Waals surface area contributed by atoms with Gasteiger partial charge in [-0.05, 0) is 35.2 Å². The van der Waals surface area contributed by atoms with Crippen LogP contribution in [0.25, 0.3) is 0 Å². The maximum absolute atomic E-state index is 12.8. The summed E-state index contributed by atoms with van der Waals surface area (Å²) in [5.74, 6) is 0.768. The quantitative estimate of drug-likeness (QED) is 0.433. The van der Waals surface area contributed by atoms with Crippen LogP contribution in [0.1, 0.15) is 36.2 Å². The zero-order valence-corrected chi connectivity index (χ0v) is 19.0. The predicted octanol–water partition coefficient (Wildman–Crippen LogP) is 4.20. The van der Waals surface area contributed by atoms with Gasteiger partial charge >= 0.3 is 0 Å². The molecule has 3 aromatic carbocycles. The molecule has 0 atom stereocenters. The Labute approximate surface area is 194 Å². The van der Waals surface area contributed by atoms with Crippen molar-refractivity contribution in [1.82, 2.24) is 10.6 Å². The Bertz CT molecular complexity index is 983. The zero-order chi connectivity index (χ0) is 23.5. The molecule has 0 heterocycles. The number of rotatable bonds is 11. The molecule has 0 unspecified atom stereocenters. The third-order valence-corrected chi connectivity index (χ3v) is 5.01. The van der Waals surface area contributed by atoms with Gasteiger partial charge in [-0.3, -0.25) is 9.59 Å². The van der Waals surface area contributed by atoms with E-state index in [1.165, 1.54) is 0 Å². The van der Waals surface area contributed by atoms with E-state index in [2.05, 4.69) is 10.6 Å². The molecule has 6 heteroatoms. The minimum Gasteiger partial charge on any atom is -0.493 e. The zero-order valence-electron chi connectivity index (χ0n) is 19.0. The van der Waals surface area contributed by atoms with Gasteiger partial charge in [-0.2, -0.15) is 0 Å². The van der Waals surface area contributed by atoms with Crippen LogP contribution in [-0.4, -0.2) is 25.5 Å². The van der Waals surface area contributed by atoms with Crippen LogP contribution in [0.4, 0.5) is 0 Å². The summed E-state index contributed by atoms with van der Waals surface area (Å²) < 4.78 is 11.2. The molecule has 6 nitrogen and oxygen atoms in total. The summed E-state index contributed by atoms with van der Waals surface area (Å²) in [6.07, 6.45) is 0.549. The summed E-state index contributed by atoms with van der Waals surface area (Å²) in [4.78, 5) is 25.6. The maximum Gasteiger partial charge on any atom is 0.226 e. The Morgan fingerprint density at radius 2 is 1.33 bits per heavy atom. The second kappa shape index (κ2) is 12.3. The summed E-state index contributed by atoms with van der Waals surface area (Å²) in [7, 11) is 1.58. The molecule has 33 heavy (non-hydrogen) atoms. The summed E-state index contributed by atoms with van der Waals surface area (Å²) in [5.41, 5.74) is 2.49. The standard InChI is InChI=1S/C27H30N2O4/c1-3-16-33-24-19-22(14-15-23(24)32-2)27(28-25(30)17-20-10-6-4-7-11-20)29-26(31)18-21-12-8-5-9-13-21/h4-15,19,27H,3,16-18H2,1-2H3,(H,28,30)(H,29,31). The minimum atomic E-state index is -0.715. The fourth-order valence-corrected chi connectivity index (χ4v) is 3.39. The number of amides is 2. The van der Waals surface area contributed by atoms with Crippen LogP contribution in [0.3, 0.4) is 0 Å². The minimum absolute atomic E-state index is 0.196. The number of benzene rings is 3. The molecule has 3 aromatic rings. The van der Waals surface area contributed by atoms with Crippen LogP contribution in [0.2, 0.25) is 0 Å². The summed E-state index contributed by atoms with van der Waals surface area (Å²) in [5, 5.41) is 5.90. The Morgan fingerprint density at radius 1 is 0.788 bits per heavy atom. The van der Waals surface area contributed by atoms with Gasteiger partial charge in [-0.15, -0.1) is 0 Å². The topological polar surface area (TPSA) is 76.7 Å². The van der Waals surface area contributed by atoms with E-state index in [1.54, 1.807) is 19.2 Å². The van der Waals surface area contributed by atoms with Gasteiger partial charge in [0.25, 0.3) is 0 Å². The molecule has 0 radical (unpaired) electrons. The monoisotopic (exact) mass is 446 g/mol. The fraction of sp³-hybridized carbons (Fsp3) is 0.259. The van der Waals surface area contributed by atoms with E-state index in [4.69, 9.17) is 9.47 Å². The lowest BCUT2D eigenvalue weighted by Gasteiger charge is -2.22. The summed E-state index contributed by atoms with van der Waals surface area (Å²) in [6.45, 7) is 2.55. The normalized spacial score (nSPS) is 10.5. The molecule has 0 aliphatic rings. The van der Waals surface area contributed by atoms with Crippen molar-refractivity contribution in [3.05, 3.63) is 95.6 Å². The summed E-state index contributed by atoms with van der Waals surface area (Å²) in [6, 6.07) is 24.3. The van der Waals surface area contributed by atoms with Crippen LogP contribution in [-0.2, 0) is 22.4 Å². The second-order valence-electron chi connectivity index (χ2n) is 7.65. The molecule has 0 spiro atoms. The Kier molecular flexibility index (Phi) is 8.88. The lowest BCUT2D eigenvalue weighted by atomic mass is 10.1. The van der Waals surface area contributed by atoms with Crippen molar-refractivity contribution in [2.45, 2.75) is 32.4 Å². The van der Waals surface area contributed by atoms with Crippen molar-refractivity contribution in [3.8, 4) is 11.5 Å². The van der Waals surface area contributed by atoms with Crippen molar-refractivity contribution < 1.29 is 19.1 Å². The van der Waals surface area contributed by atoms with Gasteiger partial charge in [0.15, 0.2) is 11.5 Å². The van der Waals surface area contributed by atoms with Crippen LogP contribution in [0.15, 0.2) is 78.9 Å². The molecular formula is C27H30N2O4.